The van der Waals surface area contributed by atoms with Crippen molar-refractivity contribution >= 4 is 37.3 Å². The molecular weight excluding hydrogens is 244 g/mol. The Morgan fingerprint density at radius 2 is 2.18 bits per heavy atom. The average molecular weight is 263 g/mol. The van der Waals surface area contributed by atoms with Crippen LogP contribution in [0.3, 0.4) is 0 Å². The third-order valence-corrected chi connectivity index (χ3v) is 4.96. The maximum atomic E-state index is 11.3. The van der Waals surface area contributed by atoms with Crippen LogP contribution in [0.4, 0.5) is 4.79 Å². The number of carbonyl (C=O) groups excluding carboxylic acids is 1. The minimum atomic E-state index is 0.0436. The van der Waals surface area contributed by atoms with Crippen molar-refractivity contribution in [3.8, 4) is 0 Å². The topological polar surface area (TPSA) is 29.5 Å². The van der Waals surface area contributed by atoms with Crippen molar-refractivity contribution < 1.29 is 9.53 Å². The van der Waals surface area contributed by atoms with Gasteiger partial charge in [-0.2, -0.15) is 0 Å². The summed E-state index contributed by atoms with van der Waals surface area (Å²) in [6, 6.07) is 0. The van der Waals surface area contributed by atoms with E-state index in [1.54, 1.807) is 0 Å². The summed E-state index contributed by atoms with van der Waals surface area (Å²) in [7, 11) is 0. The first kappa shape index (κ1) is 13.9. The van der Waals surface area contributed by atoms with Crippen molar-refractivity contribution in [1.82, 2.24) is 4.90 Å². The Balaban J connectivity index is 1.98. The Hall–Kier alpha value is 0.495. The number of hydrogen-bond donors (Lipinski definition) is 0. The summed E-state index contributed by atoms with van der Waals surface area (Å²) in [5, 5.41) is 0. The molecule has 3 radical (unpaired) electrons. The number of likely N-dealkylation sites (tertiary alicyclic amines) is 1. The van der Waals surface area contributed by atoms with E-state index in [2.05, 4.69) is 39.5 Å². The van der Waals surface area contributed by atoms with Crippen molar-refractivity contribution in [2.24, 2.45) is 5.92 Å². The standard InChI is InChI=1S/C12H19NO2.2Al/c1-2-11-3-8-15-12(9-11)4-6-13(10-14)7-5-12;;/h8,11H,2-7,9H2,1H3;;/q;;+1. The molecule has 0 bridgehead atoms. The van der Waals surface area contributed by atoms with Gasteiger partial charge in [0, 0.05) is 0 Å². The maximum absolute atomic E-state index is 11.3. The molecule has 3 nitrogen and oxygen atoms in total. The van der Waals surface area contributed by atoms with Crippen LogP contribution < -0.4 is 0 Å². The van der Waals surface area contributed by atoms with Crippen LogP contribution in [0.1, 0.15) is 39.0 Å². The number of rotatable bonds is 1. The van der Waals surface area contributed by atoms with E-state index in [-0.39, 0.29) is 10.4 Å². The summed E-state index contributed by atoms with van der Waals surface area (Å²) in [6.45, 7) is 3.95. The van der Waals surface area contributed by atoms with Gasteiger partial charge in [0.1, 0.15) is 0 Å². The molecule has 2 aliphatic rings. The third kappa shape index (κ3) is 3.28. The molecule has 0 aliphatic carbocycles. The van der Waals surface area contributed by atoms with Crippen LogP contribution in [0.25, 0.3) is 0 Å². The van der Waals surface area contributed by atoms with Crippen molar-refractivity contribution in [2.75, 3.05) is 13.1 Å². The molecule has 1 spiro atoms. The number of amides is 1. The molecule has 2 aliphatic heterocycles. The summed E-state index contributed by atoms with van der Waals surface area (Å²) in [5.41, 5.74) is 0.0436. The fraction of sp³-hybridized carbons (Fsp3) is 0.917. The van der Waals surface area contributed by atoms with E-state index in [1.165, 1.54) is 12.8 Å². The second-order valence-corrected chi connectivity index (χ2v) is 6.62. The van der Waals surface area contributed by atoms with Gasteiger partial charge < -0.3 is 0 Å². The van der Waals surface area contributed by atoms with Gasteiger partial charge in [-0.25, -0.2) is 0 Å². The van der Waals surface area contributed by atoms with Gasteiger partial charge in [-0.1, -0.05) is 0 Å². The fourth-order valence-electron chi connectivity index (χ4n) is 3.12. The molecular formula is C12H19Al2NO2+. The minimum absolute atomic E-state index is 0.0436. The zero-order valence-electron chi connectivity index (χ0n) is 10.5. The van der Waals surface area contributed by atoms with Gasteiger partial charge in [0.05, 0.1) is 0 Å². The Kier molecular flexibility index (Phi) is 4.62. The fourth-order valence-corrected chi connectivity index (χ4v) is 4.05. The molecule has 2 unspecified atom stereocenters. The van der Waals surface area contributed by atoms with E-state index in [0.29, 0.717) is 4.97 Å². The quantitative estimate of drug-likeness (QED) is 0.670. The van der Waals surface area contributed by atoms with E-state index in [0.717, 1.165) is 38.3 Å². The Morgan fingerprint density at radius 1 is 1.53 bits per heavy atom. The first-order valence-corrected chi connectivity index (χ1v) is 7.77. The van der Waals surface area contributed by atoms with Gasteiger partial charge in [0.2, 0.25) is 0 Å². The molecule has 2 fully saturated rings. The van der Waals surface area contributed by atoms with E-state index in [4.69, 9.17) is 4.74 Å². The SMILES string of the molecule is CCC1C[CH]([Al])OC2(CCN([C](=O)[Al+])CC2)C1. The molecule has 0 aromatic rings. The van der Waals surface area contributed by atoms with Gasteiger partial charge in [-0.15, -0.1) is 0 Å². The van der Waals surface area contributed by atoms with Crippen LogP contribution in [-0.4, -0.2) is 65.9 Å². The van der Waals surface area contributed by atoms with E-state index >= 15 is 0 Å². The van der Waals surface area contributed by atoms with Gasteiger partial charge in [-0.05, 0) is 0 Å². The molecule has 0 aromatic heterocycles. The van der Waals surface area contributed by atoms with Crippen LogP contribution in [0.15, 0.2) is 0 Å². The average Bonchev–Trinajstić information content (AvgIpc) is 2.28. The Labute approximate surface area is 120 Å². The summed E-state index contributed by atoms with van der Waals surface area (Å²) >= 11 is 5.09. The van der Waals surface area contributed by atoms with Gasteiger partial charge in [0.15, 0.2) is 0 Å². The number of carbonyl (C=O) groups is 1. The molecule has 5 heteroatoms. The van der Waals surface area contributed by atoms with Gasteiger partial charge >= 0.3 is 120 Å². The molecule has 1 amide bonds. The van der Waals surface area contributed by atoms with Crippen molar-refractivity contribution in [3.63, 3.8) is 0 Å². The normalized spacial score (nSPS) is 32.6. The van der Waals surface area contributed by atoms with Gasteiger partial charge in [0.25, 0.3) is 0 Å². The molecule has 0 saturated carbocycles. The van der Waals surface area contributed by atoms with E-state index in [9.17, 15) is 4.79 Å². The van der Waals surface area contributed by atoms with Crippen molar-refractivity contribution in [2.45, 2.75) is 49.6 Å². The van der Waals surface area contributed by atoms with Crippen LogP contribution in [0.2, 0.25) is 0 Å². The Morgan fingerprint density at radius 3 is 2.71 bits per heavy atom. The third-order valence-electron chi connectivity index (χ3n) is 4.19. The summed E-state index contributed by atoms with van der Waals surface area (Å²) < 4.78 is 6.31. The first-order valence-electron chi connectivity index (χ1n) is 6.52. The molecule has 0 N–H and O–H groups in total. The molecule has 89 valence electrons. The van der Waals surface area contributed by atoms with Crippen LogP contribution >= 0.6 is 0 Å². The Bertz CT molecular complexity index is 290. The number of piperidine rings is 1. The summed E-state index contributed by atoms with van der Waals surface area (Å²) in [4.78, 5) is 13.5. The number of nitrogens with zero attached hydrogens (tertiary/aromatic N) is 1. The van der Waals surface area contributed by atoms with Gasteiger partial charge in [-0.3, -0.25) is 0 Å². The van der Waals surface area contributed by atoms with Crippen LogP contribution in [0.5, 0.6) is 0 Å². The molecule has 2 rings (SSSR count). The second kappa shape index (κ2) is 5.64. The monoisotopic (exact) mass is 263 g/mol. The number of hydrogen-bond acceptors (Lipinski definition) is 2. The molecule has 2 heterocycles. The molecule has 17 heavy (non-hydrogen) atoms. The molecule has 2 saturated heterocycles. The predicted molar refractivity (Wildman–Crippen MR) is 68.3 cm³/mol. The summed E-state index contributed by atoms with van der Waals surface area (Å²) in [5.74, 6) is 0.782. The zero-order valence-corrected chi connectivity index (χ0v) is 12.8. The van der Waals surface area contributed by atoms with Crippen molar-refractivity contribution in [1.29, 1.82) is 0 Å². The van der Waals surface area contributed by atoms with E-state index < -0.39 is 0 Å². The second-order valence-electron chi connectivity index (χ2n) is 5.38. The first-order chi connectivity index (χ1) is 8.04. The van der Waals surface area contributed by atoms with Crippen LogP contribution in [-0.2, 0) is 4.74 Å². The predicted octanol–water partition coefficient (Wildman–Crippen LogP) is 1.44. The zero-order chi connectivity index (χ0) is 12.5. The van der Waals surface area contributed by atoms with Crippen LogP contribution in [0, 0.1) is 5.92 Å². The molecule has 0 aromatic carbocycles. The number of ether oxygens (including phenoxy) is 1. The molecule has 2 atom stereocenters. The summed E-state index contributed by atoms with van der Waals surface area (Å²) in [6.07, 6.45) is 5.56. The van der Waals surface area contributed by atoms with Crippen molar-refractivity contribution in [3.05, 3.63) is 0 Å². The van der Waals surface area contributed by atoms with E-state index in [1.807, 2.05) is 4.90 Å².